The van der Waals surface area contributed by atoms with Crippen LogP contribution in [-0.4, -0.2) is 17.3 Å². The van der Waals surface area contributed by atoms with Crippen LogP contribution in [0.15, 0.2) is 0 Å². The lowest BCUT2D eigenvalue weighted by Crippen LogP contribution is -2.21. The van der Waals surface area contributed by atoms with Crippen LogP contribution >= 0.6 is 0 Å². The van der Waals surface area contributed by atoms with E-state index in [0.29, 0.717) is 0 Å². The molecule has 6 heteroatoms. The van der Waals surface area contributed by atoms with Gasteiger partial charge in [0.1, 0.15) is 0 Å². The maximum Gasteiger partial charge on any atom is 0.490 e. The third-order valence-electron chi connectivity index (χ3n) is 2.35. The lowest BCUT2D eigenvalue weighted by atomic mass is 9.87. The molecule has 0 radical (unpaired) electrons. The minimum atomic E-state index is -5.08. The van der Waals surface area contributed by atoms with E-state index in [4.69, 9.17) is 15.2 Å². The first-order valence-corrected chi connectivity index (χ1v) is 5.05. The smallest absolute Gasteiger partial charge is 0.475 e. The number of carboxylic acid groups (broad SMARTS) is 1. The molecular formula is C10H14F3NO2. The van der Waals surface area contributed by atoms with Crippen LogP contribution in [0.2, 0.25) is 0 Å². The fourth-order valence-corrected chi connectivity index (χ4v) is 1.52. The van der Waals surface area contributed by atoms with Crippen LogP contribution in [0.4, 0.5) is 13.2 Å². The molecule has 1 fully saturated rings. The highest BCUT2D eigenvalue weighted by molar-refractivity contribution is 5.73. The molecule has 16 heavy (non-hydrogen) atoms. The molecule has 0 aliphatic heterocycles. The standard InChI is InChI=1S/C8H13N.C2HF3O2/c9-7-6-8-4-2-1-3-5-8;3-2(4,5)1(6)7/h8H,1-6H2;(H,6,7). The van der Waals surface area contributed by atoms with Crippen molar-refractivity contribution in [1.29, 1.82) is 5.26 Å². The SMILES string of the molecule is N#CCC1CCCCC1.O=C(O)C(F)(F)F. The Labute approximate surface area is 91.9 Å². The molecule has 1 saturated carbocycles. The second kappa shape index (κ2) is 7.09. The number of nitriles is 1. The maximum absolute atomic E-state index is 10.6. The topological polar surface area (TPSA) is 61.1 Å². The number of rotatable bonds is 1. The van der Waals surface area contributed by atoms with Crippen molar-refractivity contribution >= 4 is 5.97 Å². The first-order valence-electron chi connectivity index (χ1n) is 5.05. The molecular weight excluding hydrogens is 223 g/mol. The van der Waals surface area contributed by atoms with Crippen molar-refractivity contribution in [2.75, 3.05) is 0 Å². The number of carboxylic acids is 1. The summed E-state index contributed by atoms with van der Waals surface area (Å²) in [4.78, 5) is 8.90. The molecule has 1 rings (SSSR count). The molecule has 92 valence electrons. The van der Waals surface area contributed by atoms with Gasteiger partial charge >= 0.3 is 12.1 Å². The zero-order chi connectivity index (χ0) is 12.6. The van der Waals surface area contributed by atoms with Crippen molar-refractivity contribution in [1.82, 2.24) is 0 Å². The molecule has 0 amide bonds. The molecule has 0 aromatic rings. The van der Waals surface area contributed by atoms with Gasteiger partial charge in [-0.15, -0.1) is 0 Å². The van der Waals surface area contributed by atoms with E-state index in [0.717, 1.165) is 12.3 Å². The summed E-state index contributed by atoms with van der Waals surface area (Å²) >= 11 is 0. The Balaban J connectivity index is 0.000000293. The summed E-state index contributed by atoms with van der Waals surface area (Å²) in [6.45, 7) is 0. The second-order valence-corrected chi connectivity index (χ2v) is 3.67. The average Bonchev–Trinajstić information content (AvgIpc) is 2.19. The van der Waals surface area contributed by atoms with Crippen LogP contribution in [0, 0.1) is 17.2 Å². The Kier molecular flexibility index (Phi) is 6.54. The molecule has 0 bridgehead atoms. The number of carbonyl (C=O) groups is 1. The third-order valence-corrected chi connectivity index (χ3v) is 2.35. The van der Waals surface area contributed by atoms with Crippen LogP contribution in [0.5, 0.6) is 0 Å². The zero-order valence-corrected chi connectivity index (χ0v) is 8.76. The van der Waals surface area contributed by atoms with Gasteiger partial charge in [-0.05, 0) is 18.8 Å². The molecule has 0 aromatic carbocycles. The van der Waals surface area contributed by atoms with E-state index in [-0.39, 0.29) is 0 Å². The molecule has 0 heterocycles. The molecule has 0 saturated heterocycles. The van der Waals surface area contributed by atoms with Crippen LogP contribution in [0.25, 0.3) is 0 Å². The van der Waals surface area contributed by atoms with E-state index in [1.807, 2.05) is 0 Å². The third kappa shape index (κ3) is 7.10. The van der Waals surface area contributed by atoms with E-state index in [1.165, 1.54) is 32.1 Å². The maximum atomic E-state index is 10.6. The molecule has 3 nitrogen and oxygen atoms in total. The highest BCUT2D eigenvalue weighted by atomic mass is 19.4. The molecule has 1 aliphatic carbocycles. The fourth-order valence-electron chi connectivity index (χ4n) is 1.52. The Hall–Kier alpha value is -1.25. The minimum absolute atomic E-state index is 0.740. The van der Waals surface area contributed by atoms with Gasteiger partial charge in [-0.3, -0.25) is 0 Å². The van der Waals surface area contributed by atoms with Crippen molar-refractivity contribution in [3.05, 3.63) is 0 Å². The number of nitrogens with zero attached hydrogens (tertiary/aromatic N) is 1. The van der Waals surface area contributed by atoms with Crippen molar-refractivity contribution < 1.29 is 23.1 Å². The van der Waals surface area contributed by atoms with Gasteiger partial charge in [0.2, 0.25) is 0 Å². The quantitative estimate of drug-likeness (QED) is 0.762. The highest BCUT2D eigenvalue weighted by Gasteiger charge is 2.38. The number of aliphatic carboxylic acids is 1. The van der Waals surface area contributed by atoms with Gasteiger partial charge in [0, 0.05) is 6.42 Å². The van der Waals surface area contributed by atoms with Gasteiger partial charge in [-0.2, -0.15) is 18.4 Å². The van der Waals surface area contributed by atoms with Gasteiger partial charge in [-0.25, -0.2) is 4.79 Å². The summed E-state index contributed by atoms with van der Waals surface area (Å²) in [7, 11) is 0. The summed E-state index contributed by atoms with van der Waals surface area (Å²) in [5.74, 6) is -2.02. The predicted octanol–water partition coefficient (Wildman–Crippen LogP) is 3.11. The summed E-state index contributed by atoms with van der Waals surface area (Å²) in [6, 6.07) is 2.24. The lowest BCUT2D eigenvalue weighted by molar-refractivity contribution is -0.192. The van der Waals surface area contributed by atoms with Crippen LogP contribution < -0.4 is 0 Å². The zero-order valence-electron chi connectivity index (χ0n) is 8.76. The van der Waals surface area contributed by atoms with Crippen LogP contribution in [-0.2, 0) is 4.79 Å². The van der Waals surface area contributed by atoms with E-state index >= 15 is 0 Å². The van der Waals surface area contributed by atoms with E-state index in [9.17, 15) is 13.2 Å². The molecule has 0 unspecified atom stereocenters. The van der Waals surface area contributed by atoms with Gasteiger partial charge in [0.25, 0.3) is 0 Å². The van der Waals surface area contributed by atoms with Crippen molar-refractivity contribution in [3.8, 4) is 6.07 Å². The van der Waals surface area contributed by atoms with E-state index in [1.54, 1.807) is 0 Å². The second-order valence-electron chi connectivity index (χ2n) is 3.67. The monoisotopic (exact) mass is 237 g/mol. The molecule has 0 spiro atoms. The van der Waals surface area contributed by atoms with Gasteiger partial charge in [-0.1, -0.05) is 19.3 Å². The average molecular weight is 237 g/mol. The molecule has 0 atom stereocenters. The normalized spacial score (nSPS) is 16.9. The number of hydrogen-bond donors (Lipinski definition) is 1. The molecule has 1 N–H and O–H groups in total. The predicted molar refractivity (Wildman–Crippen MR) is 50.5 cm³/mol. The van der Waals surface area contributed by atoms with Gasteiger partial charge in [0.05, 0.1) is 6.07 Å². The highest BCUT2D eigenvalue weighted by Crippen LogP contribution is 2.25. The Morgan fingerprint density at radius 1 is 1.31 bits per heavy atom. The summed E-state index contributed by atoms with van der Waals surface area (Å²) in [5.41, 5.74) is 0. The molecule has 1 aliphatic rings. The number of alkyl halides is 3. The first kappa shape index (κ1) is 14.8. The Morgan fingerprint density at radius 3 is 2.06 bits per heavy atom. The van der Waals surface area contributed by atoms with Crippen molar-refractivity contribution in [2.24, 2.45) is 5.92 Å². The fraction of sp³-hybridized carbons (Fsp3) is 0.800. The number of hydrogen-bond acceptors (Lipinski definition) is 2. The summed E-state index contributed by atoms with van der Waals surface area (Å²) in [6.07, 6.45) is 2.40. The Bertz CT molecular complexity index is 252. The van der Waals surface area contributed by atoms with Crippen LogP contribution in [0.1, 0.15) is 38.5 Å². The minimum Gasteiger partial charge on any atom is -0.475 e. The van der Waals surface area contributed by atoms with Crippen molar-refractivity contribution in [3.63, 3.8) is 0 Å². The van der Waals surface area contributed by atoms with E-state index < -0.39 is 12.1 Å². The summed E-state index contributed by atoms with van der Waals surface area (Å²) < 4.78 is 31.7. The lowest BCUT2D eigenvalue weighted by Gasteiger charge is -2.17. The largest absolute Gasteiger partial charge is 0.490 e. The molecule has 0 aromatic heterocycles. The van der Waals surface area contributed by atoms with Crippen molar-refractivity contribution in [2.45, 2.75) is 44.7 Å². The van der Waals surface area contributed by atoms with Crippen LogP contribution in [0.3, 0.4) is 0 Å². The van der Waals surface area contributed by atoms with Gasteiger partial charge < -0.3 is 5.11 Å². The number of halogens is 3. The van der Waals surface area contributed by atoms with E-state index in [2.05, 4.69) is 6.07 Å². The first-order chi connectivity index (χ1) is 7.38. The summed E-state index contributed by atoms with van der Waals surface area (Å²) in [5, 5.41) is 15.5. The van der Waals surface area contributed by atoms with Gasteiger partial charge in [0.15, 0.2) is 0 Å². The Morgan fingerprint density at radius 2 is 1.75 bits per heavy atom.